The fourth-order valence-electron chi connectivity index (χ4n) is 1.77. The third-order valence-electron chi connectivity index (χ3n) is 2.67. The minimum Gasteiger partial charge on any atom is -0.394 e. The maximum Gasteiger partial charge on any atom is 0.229 e. The van der Waals surface area contributed by atoms with Crippen LogP contribution in [0.15, 0.2) is 12.5 Å². The summed E-state index contributed by atoms with van der Waals surface area (Å²) in [4.78, 5) is 14.3. The van der Waals surface area contributed by atoms with Crippen LogP contribution in [0, 0.1) is 0 Å². The minimum absolute atomic E-state index is 0.248. The van der Waals surface area contributed by atoms with Crippen molar-refractivity contribution in [3.63, 3.8) is 0 Å². The Kier molecular flexibility index (Phi) is 2.78. The molecule has 2 aromatic heterocycles. The van der Waals surface area contributed by atoms with Gasteiger partial charge in [0.15, 0.2) is 5.52 Å². The molecule has 1 saturated heterocycles. The Hall–Kier alpha value is -1.84. The number of aromatic nitrogens is 5. The highest BCUT2D eigenvalue weighted by molar-refractivity contribution is 5.67. The van der Waals surface area contributed by atoms with Crippen molar-refractivity contribution in [3.8, 4) is 0 Å². The predicted octanol–water partition coefficient (Wildman–Crippen LogP) is -1.88. The first-order chi connectivity index (χ1) is 8.78. The van der Waals surface area contributed by atoms with Crippen LogP contribution in [0.25, 0.3) is 11.2 Å². The van der Waals surface area contributed by atoms with E-state index >= 15 is 0 Å². The van der Waals surface area contributed by atoms with E-state index < -0.39 is 18.5 Å². The molecular weight excluding hydrogens is 242 g/mol. The van der Waals surface area contributed by atoms with Crippen LogP contribution in [-0.2, 0) is 4.74 Å². The molecule has 0 amide bonds. The first-order valence-electron chi connectivity index (χ1n) is 5.41. The highest BCUT2D eigenvalue weighted by Gasteiger charge is 2.35. The molecule has 0 unspecified atom stereocenters. The van der Waals surface area contributed by atoms with Crippen molar-refractivity contribution in [2.75, 3.05) is 6.61 Å². The van der Waals surface area contributed by atoms with E-state index in [2.05, 4.69) is 20.3 Å². The standard InChI is InChI=1S/C9H11N5O4/c15-3-7-6(16)1-8(17-7)18-14-9-5(12-13-14)2-10-4-11-9/h2,4,6-8,15-16H,1,3H2/t6-,7+,8-/m0/s1. The van der Waals surface area contributed by atoms with Gasteiger partial charge in [0.1, 0.15) is 12.4 Å². The van der Waals surface area contributed by atoms with E-state index in [1.54, 1.807) is 0 Å². The van der Waals surface area contributed by atoms with Gasteiger partial charge in [-0.05, 0) is 5.21 Å². The van der Waals surface area contributed by atoms with Gasteiger partial charge < -0.3 is 19.8 Å². The molecule has 18 heavy (non-hydrogen) atoms. The summed E-state index contributed by atoms with van der Waals surface area (Å²) < 4.78 is 5.29. The summed E-state index contributed by atoms with van der Waals surface area (Å²) in [6.45, 7) is -0.263. The summed E-state index contributed by atoms with van der Waals surface area (Å²) in [5.41, 5.74) is 0.908. The number of fused-ring (bicyclic) bond motifs is 1. The van der Waals surface area contributed by atoms with Crippen molar-refractivity contribution in [2.45, 2.75) is 24.9 Å². The van der Waals surface area contributed by atoms with Crippen LogP contribution in [0.4, 0.5) is 0 Å². The molecule has 0 saturated carbocycles. The summed E-state index contributed by atoms with van der Waals surface area (Å²) >= 11 is 0. The highest BCUT2D eigenvalue weighted by atomic mass is 16.8. The lowest BCUT2D eigenvalue weighted by Crippen LogP contribution is -2.27. The molecule has 9 nitrogen and oxygen atoms in total. The third-order valence-corrected chi connectivity index (χ3v) is 2.67. The van der Waals surface area contributed by atoms with Gasteiger partial charge in [0.05, 0.1) is 18.9 Å². The van der Waals surface area contributed by atoms with Crippen molar-refractivity contribution in [2.24, 2.45) is 0 Å². The average molecular weight is 253 g/mol. The van der Waals surface area contributed by atoms with Crippen LogP contribution in [0.3, 0.4) is 0 Å². The largest absolute Gasteiger partial charge is 0.394 e. The molecule has 0 bridgehead atoms. The average Bonchev–Trinajstić information content (AvgIpc) is 2.94. The SMILES string of the molecule is OC[C@H]1O[C@@H](On2nnc3cncnc32)C[C@@H]1O. The molecule has 2 aromatic rings. The first kappa shape index (κ1) is 11.3. The fourth-order valence-corrected chi connectivity index (χ4v) is 1.77. The summed E-state index contributed by atoms with van der Waals surface area (Å²) in [5.74, 6) is 0. The minimum atomic E-state index is -0.760. The summed E-state index contributed by atoms with van der Waals surface area (Å²) in [6.07, 6.45) is 1.01. The van der Waals surface area contributed by atoms with E-state index in [1.807, 2.05) is 0 Å². The van der Waals surface area contributed by atoms with E-state index in [4.69, 9.17) is 14.7 Å². The first-order valence-corrected chi connectivity index (χ1v) is 5.41. The molecule has 1 fully saturated rings. The molecule has 96 valence electrons. The molecule has 2 N–H and O–H groups in total. The second-order valence-electron chi connectivity index (χ2n) is 3.89. The van der Waals surface area contributed by atoms with Crippen LogP contribution in [-0.4, -0.2) is 60.4 Å². The van der Waals surface area contributed by atoms with E-state index in [9.17, 15) is 5.11 Å². The molecule has 1 aliphatic rings. The van der Waals surface area contributed by atoms with Crippen molar-refractivity contribution in [1.29, 1.82) is 0 Å². The predicted molar refractivity (Wildman–Crippen MR) is 56.1 cm³/mol. The molecule has 3 atom stereocenters. The maximum atomic E-state index is 9.57. The molecular formula is C9H11N5O4. The number of hydrogen-bond donors (Lipinski definition) is 2. The lowest BCUT2D eigenvalue weighted by atomic mass is 10.2. The molecule has 0 spiro atoms. The van der Waals surface area contributed by atoms with Gasteiger partial charge in [-0.25, -0.2) is 9.97 Å². The summed E-state index contributed by atoms with van der Waals surface area (Å²) in [5, 5.41) is 26.1. The van der Waals surface area contributed by atoms with Crippen molar-refractivity contribution < 1.29 is 19.8 Å². The van der Waals surface area contributed by atoms with Gasteiger partial charge in [0, 0.05) is 6.42 Å². The second kappa shape index (κ2) is 4.44. The van der Waals surface area contributed by atoms with Crippen LogP contribution in [0.1, 0.15) is 6.42 Å². The number of hydrogen-bond acceptors (Lipinski definition) is 8. The van der Waals surface area contributed by atoms with E-state index in [-0.39, 0.29) is 13.0 Å². The zero-order chi connectivity index (χ0) is 12.5. The van der Waals surface area contributed by atoms with Gasteiger partial charge in [0.2, 0.25) is 11.9 Å². The lowest BCUT2D eigenvalue weighted by molar-refractivity contribution is -0.151. The Morgan fingerprint density at radius 3 is 3.22 bits per heavy atom. The number of nitrogens with zero attached hydrogens (tertiary/aromatic N) is 5. The van der Waals surface area contributed by atoms with Crippen molar-refractivity contribution in [1.82, 2.24) is 25.1 Å². The Labute approximate surface area is 101 Å². The van der Waals surface area contributed by atoms with Gasteiger partial charge in [0.25, 0.3) is 0 Å². The number of rotatable bonds is 3. The highest BCUT2D eigenvalue weighted by Crippen LogP contribution is 2.19. The van der Waals surface area contributed by atoms with E-state index in [0.717, 1.165) is 4.85 Å². The number of ether oxygens (including phenoxy) is 1. The zero-order valence-corrected chi connectivity index (χ0v) is 9.25. The van der Waals surface area contributed by atoms with Crippen LogP contribution >= 0.6 is 0 Å². The summed E-state index contributed by atoms with van der Waals surface area (Å²) in [6, 6.07) is 0. The fraction of sp³-hybridized carbons (Fsp3) is 0.556. The third kappa shape index (κ3) is 1.88. The molecule has 3 rings (SSSR count). The number of aliphatic hydroxyl groups is 2. The Morgan fingerprint density at radius 2 is 2.44 bits per heavy atom. The quantitative estimate of drug-likeness (QED) is 0.653. The monoisotopic (exact) mass is 253 g/mol. The molecule has 0 aliphatic carbocycles. The van der Waals surface area contributed by atoms with Gasteiger partial charge in [-0.2, -0.15) is 0 Å². The van der Waals surface area contributed by atoms with Gasteiger partial charge >= 0.3 is 0 Å². The van der Waals surface area contributed by atoms with Crippen molar-refractivity contribution in [3.05, 3.63) is 12.5 Å². The normalized spacial score (nSPS) is 27.8. The lowest BCUT2D eigenvalue weighted by Gasteiger charge is -2.12. The van der Waals surface area contributed by atoms with Gasteiger partial charge in [-0.1, -0.05) is 4.85 Å². The maximum absolute atomic E-state index is 9.57. The molecule has 3 heterocycles. The molecule has 0 radical (unpaired) electrons. The Bertz CT molecular complexity index is 546. The Morgan fingerprint density at radius 1 is 1.56 bits per heavy atom. The topological polar surface area (TPSA) is 115 Å². The summed E-state index contributed by atoms with van der Waals surface area (Å²) in [7, 11) is 0. The molecule has 9 heteroatoms. The smallest absolute Gasteiger partial charge is 0.229 e. The van der Waals surface area contributed by atoms with E-state index in [0.29, 0.717) is 11.2 Å². The second-order valence-corrected chi connectivity index (χ2v) is 3.89. The zero-order valence-electron chi connectivity index (χ0n) is 9.25. The van der Waals surface area contributed by atoms with Crippen LogP contribution < -0.4 is 4.84 Å². The Balaban J connectivity index is 1.77. The van der Waals surface area contributed by atoms with Gasteiger partial charge in [-0.3, -0.25) is 0 Å². The van der Waals surface area contributed by atoms with Gasteiger partial charge in [-0.15, -0.1) is 5.10 Å². The van der Waals surface area contributed by atoms with Crippen molar-refractivity contribution >= 4 is 11.2 Å². The molecule has 1 aliphatic heterocycles. The van der Waals surface area contributed by atoms with Crippen LogP contribution in [0.5, 0.6) is 0 Å². The van der Waals surface area contributed by atoms with Crippen LogP contribution in [0.2, 0.25) is 0 Å². The molecule has 0 aromatic carbocycles. The number of aliphatic hydroxyl groups excluding tert-OH is 2. The van der Waals surface area contributed by atoms with E-state index in [1.165, 1.54) is 12.5 Å².